The van der Waals surface area contributed by atoms with Crippen molar-refractivity contribution < 1.29 is 4.79 Å². The van der Waals surface area contributed by atoms with E-state index in [1.807, 2.05) is 51.4 Å². The molecule has 0 unspecified atom stereocenters. The van der Waals surface area contributed by atoms with Gasteiger partial charge in [0.15, 0.2) is 0 Å². The fraction of sp³-hybridized carbons (Fsp3) is 0.375. The van der Waals surface area contributed by atoms with Crippen molar-refractivity contribution in [2.45, 2.75) is 31.7 Å². The number of thioether (sulfide) groups is 1. The number of carbonyl (C=O) groups is 1. The van der Waals surface area contributed by atoms with Crippen LogP contribution in [0.1, 0.15) is 38.9 Å². The topological polar surface area (TPSA) is 33.2 Å². The summed E-state index contributed by atoms with van der Waals surface area (Å²) in [5.74, 6) is 0.0394. The Hall–Kier alpha value is -1.33. The van der Waals surface area contributed by atoms with Gasteiger partial charge in [-0.25, -0.2) is 4.98 Å². The van der Waals surface area contributed by atoms with Gasteiger partial charge in [0.1, 0.15) is 0 Å². The molecule has 1 amide bonds. The van der Waals surface area contributed by atoms with Gasteiger partial charge in [-0.1, -0.05) is 12.1 Å². The fourth-order valence-electron chi connectivity index (χ4n) is 2.30. The highest BCUT2D eigenvalue weighted by atomic mass is 32.2. The summed E-state index contributed by atoms with van der Waals surface area (Å²) in [7, 11) is 1.85. The van der Waals surface area contributed by atoms with Crippen LogP contribution in [0.25, 0.3) is 0 Å². The van der Waals surface area contributed by atoms with Crippen LogP contribution < -0.4 is 0 Å². The minimum absolute atomic E-state index is 0.0302. The highest BCUT2D eigenvalue weighted by Gasteiger charge is 2.23. The van der Waals surface area contributed by atoms with Crippen LogP contribution in [0.15, 0.2) is 29.2 Å². The molecule has 1 aromatic heterocycles. The van der Waals surface area contributed by atoms with Crippen LogP contribution in [0.2, 0.25) is 0 Å². The van der Waals surface area contributed by atoms with E-state index in [1.165, 1.54) is 4.88 Å². The van der Waals surface area contributed by atoms with E-state index >= 15 is 0 Å². The van der Waals surface area contributed by atoms with Gasteiger partial charge >= 0.3 is 0 Å². The lowest BCUT2D eigenvalue weighted by molar-refractivity contribution is 0.0736. The van der Waals surface area contributed by atoms with Crippen LogP contribution in [0.5, 0.6) is 0 Å². The number of aromatic nitrogens is 1. The Labute approximate surface area is 134 Å². The Morgan fingerprint density at radius 1 is 1.33 bits per heavy atom. The molecule has 112 valence electrons. The number of aryl methyl sites for hydroxylation is 2. The third kappa shape index (κ3) is 3.30. The number of rotatable bonds is 4. The zero-order valence-corrected chi connectivity index (χ0v) is 14.6. The molecule has 0 N–H and O–H groups in total. The van der Waals surface area contributed by atoms with Crippen molar-refractivity contribution in [3.8, 4) is 0 Å². The predicted octanol–water partition coefficient (Wildman–Crippen LogP) is 4.32. The molecule has 0 aliphatic rings. The van der Waals surface area contributed by atoms with Crippen molar-refractivity contribution in [1.29, 1.82) is 0 Å². The summed E-state index contributed by atoms with van der Waals surface area (Å²) >= 11 is 3.27. The lowest BCUT2D eigenvalue weighted by Crippen LogP contribution is -2.30. The number of carbonyl (C=O) groups excluding carboxylic acids is 1. The summed E-state index contributed by atoms with van der Waals surface area (Å²) in [6, 6.07) is 7.70. The predicted molar refractivity (Wildman–Crippen MR) is 90.3 cm³/mol. The average Bonchev–Trinajstić information content (AvgIpc) is 2.83. The third-order valence-corrected chi connectivity index (χ3v) is 5.27. The monoisotopic (exact) mass is 320 g/mol. The van der Waals surface area contributed by atoms with Gasteiger partial charge in [-0.05, 0) is 39.2 Å². The summed E-state index contributed by atoms with van der Waals surface area (Å²) in [4.78, 5) is 21.3. The number of hydrogen-bond donors (Lipinski definition) is 0. The van der Waals surface area contributed by atoms with Crippen molar-refractivity contribution >= 4 is 29.0 Å². The van der Waals surface area contributed by atoms with Gasteiger partial charge < -0.3 is 4.90 Å². The maximum absolute atomic E-state index is 12.7. The summed E-state index contributed by atoms with van der Waals surface area (Å²) in [6.45, 7) is 6.09. The molecule has 0 saturated heterocycles. The van der Waals surface area contributed by atoms with Crippen LogP contribution in [0.3, 0.4) is 0 Å². The number of thiazole rings is 1. The molecular weight excluding hydrogens is 300 g/mol. The number of nitrogens with zero attached hydrogens (tertiary/aromatic N) is 2. The van der Waals surface area contributed by atoms with Gasteiger partial charge in [0.25, 0.3) is 5.91 Å². The quantitative estimate of drug-likeness (QED) is 0.787. The molecule has 2 rings (SSSR count). The molecule has 5 heteroatoms. The first kappa shape index (κ1) is 16.0. The third-order valence-electron chi connectivity index (χ3n) is 3.57. The molecule has 0 aliphatic heterocycles. The molecule has 1 atom stereocenters. The molecule has 0 radical (unpaired) electrons. The number of amides is 1. The standard InChI is InChI=1S/C16H20N2OS2/c1-10(15-11(2)21-12(3)17-15)18(4)16(19)13-8-6-7-9-14(13)20-5/h6-10H,1-5H3/t10-/m0/s1. The normalized spacial score (nSPS) is 12.2. The Balaban J connectivity index is 2.28. The van der Waals surface area contributed by atoms with Crippen LogP contribution in [-0.2, 0) is 0 Å². The molecule has 0 aliphatic carbocycles. The minimum atomic E-state index is -0.0302. The number of benzene rings is 1. The molecule has 2 aromatic rings. The average molecular weight is 320 g/mol. The Kier molecular flexibility index (Phi) is 5.06. The van der Waals surface area contributed by atoms with Crippen molar-refractivity contribution in [1.82, 2.24) is 9.88 Å². The maximum atomic E-state index is 12.7. The fourth-order valence-corrected chi connectivity index (χ4v) is 3.80. The van der Waals surface area contributed by atoms with Crippen LogP contribution in [0.4, 0.5) is 0 Å². The molecular formula is C16H20N2OS2. The zero-order valence-electron chi connectivity index (χ0n) is 13.0. The van der Waals surface area contributed by atoms with Gasteiger partial charge in [0.2, 0.25) is 0 Å². The van der Waals surface area contributed by atoms with E-state index in [4.69, 9.17) is 0 Å². The van der Waals surface area contributed by atoms with E-state index in [-0.39, 0.29) is 11.9 Å². The van der Waals surface area contributed by atoms with Crippen molar-refractivity contribution in [3.05, 3.63) is 45.4 Å². The summed E-state index contributed by atoms with van der Waals surface area (Å²) in [5.41, 5.74) is 1.75. The van der Waals surface area contributed by atoms with Crippen LogP contribution in [-0.4, -0.2) is 29.1 Å². The van der Waals surface area contributed by atoms with Crippen molar-refractivity contribution in [2.75, 3.05) is 13.3 Å². The van der Waals surface area contributed by atoms with Crippen LogP contribution >= 0.6 is 23.1 Å². The van der Waals surface area contributed by atoms with E-state index in [2.05, 4.69) is 11.9 Å². The molecule has 0 bridgehead atoms. The minimum Gasteiger partial charge on any atom is -0.333 e. The zero-order chi connectivity index (χ0) is 15.6. The maximum Gasteiger partial charge on any atom is 0.255 e. The highest BCUT2D eigenvalue weighted by molar-refractivity contribution is 7.98. The van der Waals surface area contributed by atoms with E-state index in [0.717, 1.165) is 21.2 Å². The second-order valence-corrected chi connectivity index (χ2v) is 7.22. The molecule has 0 saturated carbocycles. The SMILES string of the molecule is CSc1ccccc1C(=O)N(C)[C@@H](C)c1nc(C)sc1C. The summed E-state index contributed by atoms with van der Waals surface area (Å²) < 4.78 is 0. The molecule has 21 heavy (non-hydrogen) atoms. The van der Waals surface area contributed by atoms with Gasteiger partial charge in [-0.15, -0.1) is 23.1 Å². The largest absolute Gasteiger partial charge is 0.333 e. The van der Waals surface area contributed by atoms with Gasteiger partial charge in [-0.3, -0.25) is 4.79 Å². The van der Waals surface area contributed by atoms with Gasteiger partial charge in [0.05, 0.1) is 22.3 Å². The Morgan fingerprint density at radius 2 is 2.00 bits per heavy atom. The van der Waals surface area contributed by atoms with Crippen LogP contribution in [0, 0.1) is 13.8 Å². The smallest absolute Gasteiger partial charge is 0.255 e. The van der Waals surface area contributed by atoms with E-state index in [9.17, 15) is 4.79 Å². The number of hydrogen-bond acceptors (Lipinski definition) is 4. The lowest BCUT2D eigenvalue weighted by atomic mass is 10.1. The lowest BCUT2D eigenvalue weighted by Gasteiger charge is -2.25. The van der Waals surface area contributed by atoms with Crippen molar-refractivity contribution in [2.24, 2.45) is 0 Å². The first-order chi connectivity index (χ1) is 9.95. The van der Waals surface area contributed by atoms with E-state index < -0.39 is 0 Å². The molecule has 3 nitrogen and oxygen atoms in total. The first-order valence-corrected chi connectivity index (χ1v) is 8.84. The molecule has 0 fully saturated rings. The van der Waals surface area contributed by atoms with E-state index in [0.29, 0.717) is 0 Å². The highest BCUT2D eigenvalue weighted by Crippen LogP contribution is 2.28. The second-order valence-electron chi connectivity index (χ2n) is 4.97. The Bertz CT molecular complexity index is 651. The molecule has 1 heterocycles. The van der Waals surface area contributed by atoms with E-state index in [1.54, 1.807) is 28.0 Å². The first-order valence-electron chi connectivity index (χ1n) is 6.79. The Morgan fingerprint density at radius 3 is 2.57 bits per heavy atom. The second kappa shape index (κ2) is 6.62. The molecule has 1 aromatic carbocycles. The summed E-state index contributed by atoms with van der Waals surface area (Å²) in [6.07, 6.45) is 1.99. The van der Waals surface area contributed by atoms with Crippen molar-refractivity contribution in [3.63, 3.8) is 0 Å². The van der Waals surface area contributed by atoms with Gasteiger partial charge in [0, 0.05) is 16.8 Å². The molecule has 0 spiro atoms. The van der Waals surface area contributed by atoms with Gasteiger partial charge in [-0.2, -0.15) is 0 Å². The summed E-state index contributed by atoms with van der Waals surface area (Å²) in [5, 5.41) is 1.04.